The lowest BCUT2D eigenvalue weighted by Crippen LogP contribution is -2.38. The Balaban J connectivity index is 2.37. The molecule has 1 aliphatic rings. The second-order valence-electron chi connectivity index (χ2n) is 4.85. The summed E-state index contributed by atoms with van der Waals surface area (Å²) in [5, 5.41) is 16.4. The third-order valence-corrected chi connectivity index (χ3v) is 3.63. The number of nitrogens with two attached hydrogens (primary N) is 1. The molecule has 1 aliphatic heterocycles. The summed E-state index contributed by atoms with van der Waals surface area (Å²) in [5.74, 6) is 0.971. The van der Waals surface area contributed by atoms with Crippen molar-refractivity contribution in [1.82, 2.24) is 9.78 Å². The Bertz CT molecular complexity index is 477. The molecule has 19 heavy (non-hydrogen) atoms. The third kappa shape index (κ3) is 2.51. The van der Waals surface area contributed by atoms with Crippen LogP contribution in [0.5, 0.6) is 0 Å². The van der Waals surface area contributed by atoms with E-state index < -0.39 is 0 Å². The summed E-state index contributed by atoms with van der Waals surface area (Å²) in [5.41, 5.74) is 7.22. The molecule has 1 fully saturated rings. The summed E-state index contributed by atoms with van der Waals surface area (Å²) in [6.07, 6.45) is 1.94. The number of anilines is 1. The fourth-order valence-electron chi connectivity index (χ4n) is 2.65. The van der Waals surface area contributed by atoms with Gasteiger partial charge in [0.1, 0.15) is 5.82 Å². The van der Waals surface area contributed by atoms with Gasteiger partial charge in [0.15, 0.2) is 5.84 Å². The minimum atomic E-state index is 0.0968. The second kappa shape index (κ2) is 5.48. The van der Waals surface area contributed by atoms with Gasteiger partial charge in [-0.05, 0) is 19.8 Å². The van der Waals surface area contributed by atoms with Gasteiger partial charge in [-0.3, -0.25) is 4.68 Å². The number of oxime groups is 1. The van der Waals surface area contributed by atoms with Gasteiger partial charge >= 0.3 is 0 Å². The van der Waals surface area contributed by atoms with E-state index in [0.717, 1.165) is 37.6 Å². The van der Waals surface area contributed by atoms with Crippen molar-refractivity contribution >= 4 is 11.7 Å². The van der Waals surface area contributed by atoms with E-state index in [1.54, 1.807) is 4.68 Å². The Morgan fingerprint density at radius 2 is 2.16 bits per heavy atom. The minimum absolute atomic E-state index is 0.0968. The summed E-state index contributed by atoms with van der Waals surface area (Å²) in [6.45, 7) is 3.39. The largest absolute Gasteiger partial charge is 0.409 e. The number of aromatic nitrogens is 2. The van der Waals surface area contributed by atoms with E-state index >= 15 is 0 Å². The molecular weight excluding hydrogens is 246 g/mol. The van der Waals surface area contributed by atoms with Crippen LogP contribution in [0.15, 0.2) is 5.16 Å². The maximum absolute atomic E-state index is 8.93. The molecule has 106 valence electrons. The van der Waals surface area contributed by atoms with Crippen molar-refractivity contribution in [3.05, 3.63) is 11.3 Å². The van der Waals surface area contributed by atoms with Gasteiger partial charge in [-0.15, -0.1) is 0 Å². The van der Waals surface area contributed by atoms with Gasteiger partial charge in [-0.2, -0.15) is 5.10 Å². The molecule has 0 radical (unpaired) electrons. The molecular formula is C12H21N5O2. The van der Waals surface area contributed by atoms with Crippen LogP contribution in [0.2, 0.25) is 0 Å². The normalized spacial score (nSPS) is 17.7. The standard InChI is InChI=1S/C12H21N5O2/c1-8-10(11(13)15-18)12(17(3)14-8)16(2)9-4-6-19-7-5-9/h9,18H,4-7H2,1-3H3,(H2,13,15). The smallest absolute Gasteiger partial charge is 0.175 e. The van der Waals surface area contributed by atoms with Gasteiger partial charge in [0.05, 0.1) is 11.3 Å². The molecule has 0 amide bonds. The molecule has 2 rings (SSSR count). The number of hydrogen-bond donors (Lipinski definition) is 2. The van der Waals surface area contributed by atoms with Crippen molar-refractivity contribution in [3.63, 3.8) is 0 Å². The first-order valence-corrected chi connectivity index (χ1v) is 6.38. The molecule has 0 saturated carbocycles. The van der Waals surface area contributed by atoms with Gasteiger partial charge in [0, 0.05) is 33.4 Å². The van der Waals surface area contributed by atoms with Gasteiger partial charge in [0.2, 0.25) is 0 Å². The zero-order chi connectivity index (χ0) is 14.0. The zero-order valence-electron chi connectivity index (χ0n) is 11.6. The molecule has 3 N–H and O–H groups in total. The zero-order valence-corrected chi connectivity index (χ0v) is 11.6. The fourth-order valence-corrected chi connectivity index (χ4v) is 2.65. The summed E-state index contributed by atoms with van der Waals surface area (Å²) >= 11 is 0. The molecule has 0 spiro atoms. The summed E-state index contributed by atoms with van der Waals surface area (Å²) in [7, 11) is 3.88. The van der Waals surface area contributed by atoms with E-state index in [-0.39, 0.29) is 5.84 Å². The van der Waals surface area contributed by atoms with Crippen molar-refractivity contribution in [1.29, 1.82) is 0 Å². The van der Waals surface area contributed by atoms with Crippen molar-refractivity contribution in [3.8, 4) is 0 Å². The van der Waals surface area contributed by atoms with Crippen molar-refractivity contribution in [2.75, 3.05) is 25.2 Å². The van der Waals surface area contributed by atoms with E-state index in [2.05, 4.69) is 15.2 Å². The number of hydrogen-bond acceptors (Lipinski definition) is 5. The monoisotopic (exact) mass is 267 g/mol. The quantitative estimate of drug-likeness (QED) is 0.359. The average Bonchev–Trinajstić information content (AvgIpc) is 2.72. The molecule has 1 saturated heterocycles. The Hall–Kier alpha value is -1.76. The highest BCUT2D eigenvalue weighted by Crippen LogP contribution is 2.26. The van der Waals surface area contributed by atoms with Crippen molar-refractivity contribution < 1.29 is 9.94 Å². The number of nitrogens with zero attached hydrogens (tertiary/aromatic N) is 4. The predicted octanol–water partition coefficient (Wildman–Crippen LogP) is 0.438. The molecule has 0 bridgehead atoms. The average molecular weight is 267 g/mol. The van der Waals surface area contributed by atoms with Crippen LogP contribution >= 0.6 is 0 Å². The Kier molecular flexibility index (Phi) is 3.94. The summed E-state index contributed by atoms with van der Waals surface area (Å²) in [6, 6.07) is 0.383. The minimum Gasteiger partial charge on any atom is -0.409 e. The molecule has 2 heterocycles. The number of aryl methyl sites for hydroxylation is 2. The summed E-state index contributed by atoms with van der Waals surface area (Å²) < 4.78 is 7.16. The van der Waals surface area contributed by atoms with Gasteiger partial charge in [0.25, 0.3) is 0 Å². The first-order valence-electron chi connectivity index (χ1n) is 6.38. The van der Waals surface area contributed by atoms with Gasteiger partial charge < -0.3 is 20.6 Å². The van der Waals surface area contributed by atoms with E-state index in [0.29, 0.717) is 11.6 Å². The number of amidine groups is 1. The van der Waals surface area contributed by atoms with Crippen LogP contribution in [-0.2, 0) is 11.8 Å². The highest BCUT2D eigenvalue weighted by Gasteiger charge is 2.26. The molecule has 1 aromatic rings. The predicted molar refractivity (Wildman–Crippen MR) is 72.7 cm³/mol. The molecule has 0 atom stereocenters. The lowest BCUT2D eigenvalue weighted by molar-refractivity contribution is 0.0852. The highest BCUT2D eigenvalue weighted by molar-refractivity contribution is 6.02. The van der Waals surface area contributed by atoms with Gasteiger partial charge in [-0.25, -0.2) is 0 Å². The lowest BCUT2D eigenvalue weighted by Gasteiger charge is -2.33. The van der Waals surface area contributed by atoms with E-state index in [1.165, 1.54) is 0 Å². The maximum atomic E-state index is 8.93. The van der Waals surface area contributed by atoms with Crippen LogP contribution in [0.4, 0.5) is 5.82 Å². The molecule has 0 unspecified atom stereocenters. The van der Waals surface area contributed by atoms with Crippen molar-refractivity contribution in [2.45, 2.75) is 25.8 Å². The summed E-state index contributed by atoms with van der Waals surface area (Å²) in [4.78, 5) is 2.15. The van der Waals surface area contributed by atoms with E-state index in [9.17, 15) is 0 Å². The van der Waals surface area contributed by atoms with Gasteiger partial charge in [-0.1, -0.05) is 5.16 Å². The number of ether oxygens (including phenoxy) is 1. The van der Waals surface area contributed by atoms with E-state index in [4.69, 9.17) is 15.7 Å². The third-order valence-electron chi connectivity index (χ3n) is 3.63. The van der Waals surface area contributed by atoms with Crippen LogP contribution in [0.1, 0.15) is 24.1 Å². The van der Waals surface area contributed by atoms with Crippen LogP contribution in [0, 0.1) is 6.92 Å². The first-order chi connectivity index (χ1) is 9.06. The SMILES string of the molecule is Cc1nn(C)c(N(C)C2CCOCC2)c1C(N)=NO. The Morgan fingerprint density at radius 3 is 2.74 bits per heavy atom. The Labute approximate surface area is 112 Å². The van der Waals surface area contributed by atoms with E-state index in [1.807, 2.05) is 21.0 Å². The van der Waals surface area contributed by atoms with Crippen LogP contribution in [0.25, 0.3) is 0 Å². The topological polar surface area (TPSA) is 88.9 Å². The first kappa shape index (κ1) is 13.7. The number of rotatable bonds is 3. The molecule has 7 nitrogen and oxygen atoms in total. The Morgan fingerprint density at radius 1 is 1.53 bits per heavy atom. The highest BCUT2D eigenvalue weighted by atomic mass is 16.5. The maximum Gasteiger partial charge on any atom is 0.175 e. The lowest BCUT2D eigenvalue weighted by atomic mass is 10.1. The van der Waals surface area contributed by atoms with Crippen LogP contribution < -0.4 is 10.6 Å². The molecule has 0 aliphatic carbocycles. The van der Waals surface area contributed by atoms with Crippen LogP contribution in [0.3, 0.4) is 0 Å². The molecule has 1 aromatic heterocycles. The second-order valence-corrected chi connectivity index (χ2v) is 4.85. The fraction of sp³-hybridized carbons (Fsp3) is 0.667. The molecule has 0 aromatic carbocycles. The van der Waals surface area contributed by atoms with Crippen LogP contribution in [-0.4, -0.2) is 47.1 Å². The van der Waals surface area contributed by atoms with Crippen molar-refractivity contribution in [2.24, 2.45) is 17.9 Å². The molecule has 7 heteroatoms.